The van der Waals surface area contributed by atoms with Gasteiger partial charge in [-0.3, -0.25) is 4.79 Å². The Morgan fingerprint density at radius 2 is 2.60 bits per heavy atom. The van der Waals surface area contributed by atoms with Crippen LogP contribution in [0.3, 0.4) is 0 Å². The van der Waals surface area contributed by atoms with E-state index in [2.05, 4.69) is 20.9 Å². The van der Waals surface area contributed by atoms with Crippen molar-refractivity contribution < 1.29 is 4.79 Å². The third-order valence-electron chi connectivity index (χ3n) is 2.76. The van der Waals surface area contributed by atoms with Gasteiger partial charge >= 0.3 is 0 Å². The minimum absolute atomic E-state index is 0.150. The summed E-state index contributed by atoms with van der Waals surface area (Å²) in [6, 6.07) is 0.360. The van der Waals surface area contributed by atoms with Crippen molar-refractivity contribution in [2.45, 2.75) is 25.8 Å². The molecule has 1 atom stereocenters. The topological polar surface area (TPSA) is 33.2 Å². The third kappa shape index (κ3) is 2.08. The molecule has 5 heteroatoms. The molecule has 0 radical (unpaired) electrons. The number of thiazole rings is 1. The first kappa shape index (κ1) is 11.1. The van der Waals surface area contributed by atoms with E-state index in [1.54, 1.807) is 5.51 Å². The van der Waals surface area contributed by atoms with E-state index in [0.717, 1.165) is 35.3 Å². The highest BCUT2D eigenvalue weighted by Crippen LogP contribution is 2.24. The lowest BCUT2D eigenvalue weighted by Crippen LogP contribution is -2.36. The average Bonchev–Trinajstić information content (AvgIpc) is 2.84. The van der Waals surface area contributed by atoms with Crippen LogP contribution in [0.1, 0.15) is 28.2 Å². The molecule has 1 amide bonds. The van der Waals surface area contributed by atoms with Crippen LogP contribution in [0.15, 0.2) is 5.51 Å². The zero-order valence-electron chi connectivity index (χ0n) is 8.57. The predicted molar refractivity (Wildman–Crippen MR) is 64.7 cm³/mol. The molecule has 0 aromatic carbocycles. The van der Waals surface area contributed by atoms with E-state index in [9.17, 15) is 4.79 Å². The van der Waals surface area contributed by atoms with E-state index in [-0.39, 0.29) is 5.91 Å². The van der Waals surface area contributed by atoms with Crippen molar-refractivity contribution in [3.63, 3.8) is 0 Å². The lowest BCUT2D eigenvalue weighted by molar-refractivity contribution is 0.0754. The van der Waals surface area contributed by atoms with Gasteiger partial charge in [0, 0.05) is 17.9 Å². The lowest BCUT2D eigenvalue weighted by Gasteiger charge is -2.22. The van der Waals surface area contributed by atoms with Crippen molar-refractivity contribution in [3.8, 4) is 0 Å². The Morgan fingerprint density at radius 3 is 3.20 bits per heavy atom. The Bertz CT molecular complexity index is 366. The van der Waals surface area contributed by atoms with Crippen LogP contribution in [0.4, 0.5) is 0 Å². The number of amides is 1. The van der Waals surface area contributed by atoms with E-state index in [1.165, 1.54) is 11.3 Å². The molecule has 1 fully saturated rings. The van der Waals surface area contributed by atoms with Gasteiger partial charge in [0.05, 0.1) is 11.2 Å². The SMILES string of the molecule is Cc1ncsc1C(=O)N1CCCC1CBr. The summed E-state index contributed by atoms with van der Waals surface area (Å²) < 4.78 is 0. The van der Waals surface area contributed by atoms with Gasteiger partial charge < -0.3 is 4.90 Å². The molecule has 1 aromatic heterocycles. The molecular formula is C10H13BrN2OS. The Labute approximate surface area is 102 Å². The summed E-state index contributed by atoms with van der Waals surface area (Å²) in [6.45, 7) is 2.77. The summed E-state index contributed by atoms with van der Waals surface area (Å²) in [5.74, 6) is 0.150. The number of nitrogens with zero attached hydrogens (tertiary/aromatic N) is 2. The Kier molecular flexibility index (Phi) is 3.41. The molecule has 1 aliphatic heterocycles. The second-order valence-corrected chi connectivity index (χ2v) is 5.22. The van der Waals surface area contributed by atoms with Crippen LogP contribution < -0.4 is 0 Å². The fraction of sp³-hybridized carbons (Fsp3) is 0.600. The first-order valence-corrected chi connectivity index (χ1v) is 7.01. The molecule has 2 rings (SSSR count). The number of carbonyl (C=O) groups is 1. The largest absolute Gasteiger partial charge is 0.334 e. The van der Waals surface area contributed by atoms with Gasteiger partial charge in [-0.2, -0.15) is 0 Å². The van der Waals surface area contributed by atoms with Gasteiger partial charge in [-0.15, -0.1) is 11.3 Å². The second-order valence-electron chi connectivity index (χ2n) is 3.72. The summed E-state index contributed by atoms with van der Waals surface area (Å²) in [4.78, 5) is 19.1. The molecule has 0 spiro atoms. The van der Waals surface area contributed by atoms with Gasteiger partial charge in [-0.1, -0.05) is 15.9 Å². The maximum Gasteiger partial charge on any atom is 0.266 e. The number of hydrogen-bond donors (Lipinski definition) is 0. The lowest BCUT2D eigenvalue weighted by atomic mass is 10.2. The fourth-order valence-corrected chi connectivity index (χ4v) is 3.33. The molecule has 3 nitrogen and oxygen atoms in total. The molecule has 1 unspecified atom stereocenters. The number of aromatic nitrogens is 1. The van der Waals surface area contributed by atoms with Crippen LogP contribution in [0.2, 0.25) is 0 Å². The highest BCUT2D eigenvalue weighted by atomic mass is 79.9. The standard InChI is InChI=1S/C10H13BrN2OS/c1-7-9(15-6-12-7)10(14)13-4-2-3-8(13)5-11/h6,8H,2-5H2,1H3. The first-order chi connectivity index (χ1) is 7.24. The molecule has 82 valence electrons. The number of rotatable bonds is 2. The zero-order chi connectivity index (χ0) is 10.8. The molecule has 15 heavy (non-hydrogen) atoms. The van der Waals surface area contributed by atoms with Gasteiger partial charge in [0.1, 0.15) is 4.88 Å². The van der Waals surface area contributed by atoms with Crippen LogP contribution in [0.5, 0.6) is 0 Å². The van der Waals surface area contributed by atoms with Gasteiger partial charge in [0.25, 0.3) is 5.91 Å². The van der Waals surface area contributed by atoms with Gasteiger partial charge in [-0.05, 0) is 19.8 Å². The van der Waals surface area contributed by atoms with Crippen LogP contribution in [0.25, 0.3) is 0 Å². The Balaban J connectivity index is 2.18. The first-order valence-electron chi connectivity index (χ1n) is 5.01. The van der Waals surface area contributed by atoms with Crippen molar-refractivity contribution in [2.75, 3.05) is 11.9 Å². The summed E-state index contributed by atoms with van der Waals surface area (Å²) in [6.07, 6.45) is 2.22. The van der Waals surface area contributed by atoms with Crippen molar-refractivity contribution >= 4 is 33.2 Å². The number of hydrogen-bond acceptors (Lipinski definition) is 3. The number of alkyl halides is 1. The van der Waals surface area contributed by atoms with Crippen molar-refractivity contribution in [1.29, 1.82) is 0 Å². The molecule has 0 N–H and O–H groups in total. The van der Waals surface area contributed by atoms with E-state index < -0.39 is 0 Å². The number of likely N-dealkylation sites (tertiary alicyclic amines) is 1. The van der Waals surface area contributed by atoms with E-state index in [0.29, 0.717) is 6.04 Å². The summed E-state index contributed by atoms with van der Waals surface area (Å²) in [5, 5.41) is 0.872. The van der Waals surface area contributed by atoms with Crippen molar-refractivity contribution in [2.24, 2.45) is 0 Å². The highest BCUT2D eigenvalue weighted by molar-refractivity contribution is 9.09. The minimum Gasteiger partial charge on any atom is -0.334 e. The van der Waals surface area contributed by atoms with Crippen LogP contribution >= 0.6 is 27.3 Å². The third-order valence-corrected chi connectivity index (χ3v) is 4.42. The van der Waals surface area contributed by atoms with Gasteiger partial charge in [0.2, 0.25) is 0 Å². The number of carbonyl (C=O) groups excluding carboxylic acids is 1. The van der Waals surface area contributed by atoms with Gasteiger partial charge in [-0.25, -0.2) is 4.98 Å². The fourth-order valence-electron chi connectivity index (χ4n) is 1.90. The monoisotopic (exact) mass is 288 g/mol. The van der Waals surface area contributed by atoms with Crippen LogP contribution in [-0.2, 0) is 0 Å². The normalized spacial score (nSPS) is 20.9. The highest BCUT2D eigenvalue weighted by Gasteiger charge is 2.29. The van der Waals surface area contributed by atoms with E-state index in [4.69, 9.17) is 0 Å². The Morgan fingerprint density at radius 1 is 1.80 bits per heavy atom. The van der Waals surface area contributed by atoms with Crippen LogP contribution in [0, 0.1) is 6.92 Å². The molecule has 1 aromatic rings. The smallest absolute Gasteiger partial charge is 0.266 e. The Hall–Kier alpha value is -0.420. The maximum absolute atomic E-state index is 12.2. The molecule has 0 saturated carbocycles. The van der Waals surface area contributed by atoms with Gasteiger partial charge in [0.15, 0.2) is 0 Å². The molecule has 1 aliphatic rings. The maximum atomic E-state index is 12.2. The molecule has 0 aliphatic carbocycles. The minimum atomic E-state index is 0.150. The molecule has 2 heterocycles. The molecule has 1 saturated heterocycles. The molecular weight excluding hydrogens is 276 g/mol. The average molecular weight is 289 g/mol. The van der Waals surface area contributed by atoms with Crippen molar-refractivity contribution in [1.82, 2.24) is 9.88 Å². The predicted octanol–water partition coefficient (Wildman–Crippen LogP) is 2.45. The summed E-state index contributed by atoms with van der Waals surface area (Å²) >= 11 is 4.90. The zero-order valence-corrected chi connectivity index (χ0v) is 11.0. The summed E-state index contributed by atoms with van der Waals surface area (Å²) in [7, 11) is 0. The number of aryl methyl sites for hydroxylation is 1. The van der Waals surface area contributed by atoms with E-state index >= 15 is 0 Å². The molecule has 0 bridgehead atoms. The van der Waals surface area contributed by atoms with E-state index in [1.807, 2.05) is 11.8 Å². The summed E-state index contributed by atoms with van der Waals surface area (Å²) in [5.41, 5.74) is 2.59. The second kappa shape index (κ2) is 4.61. The van der Waals surface area contributed by atoms with Crippen LogP contribution in [-0.4, -0.2) is 33.7 Å². The number of halogens is 1. The quantitative estimate of drug-likeness (QED) is 0.784. The van der Waals surface area contributed by atoms with Crippen molar-refractivity contribution in [3.05, 3.63) is 16.1 Å².